The summed E-state index contributed by atoms with van der Waals surface area (Å²) in [4.78, 5) is 25.8. The van der Waals surface area contributed by atoms with Crippen molar-refractivity contribution in [2.75, 3.05) is 31.2 Å². The van der Waals surface area contributed by atoms with Crippen LogP contribution in [0.15, 0.2) is 48.5 Å². The van der Waals surface area contributed by atoms with E-state index >= 15 is 0 Å². The quantitative estimate of drug-likeness (QED) is 0.656. The predicted octanol–water partition coefficient (Wildman–Crippen LogP) is 4.18. The monoisotopic (exact) mass is 422 g/mol. The van der Waals surface area contributed by atoms with E-state index in [1.54, 1.807) is 0 Å². The Morgan fingerprint density at radius 2 is 1.87 bits per heavy atom. The van der Waals surface area contributed by atoms with Crippen molar-refractivity contribution >= 4 is 17.7 Å². The summed E-state index contributed by atoms with van der Waals surface area (Å²) in [5.74, 6) is 0.495. The summed E-state index contributed by atoms with van der Waals surface area (Å²) in [7, 11) is 0. The van der Waals surface area contributed by atoms with Crippen molar-refractivity contribution in [2.45, 2.75) is 38.0 Å². The highest BCUT2D eigenvalue weighted by atomic mass is 16.5. The number of benzene rings is 2. The molecule has 2 aliphatic rings. The minimum Gasteiger partial charge on any atom is -0.465 e. The maximum Gasteiger partial charge on any atom is 0.404 e. The first-order chi connectivity index (χ1) is 15.1. The summed E-state index contributed by atoms with van der Waals surface area (Å²) in [6, 6.07) is 16.8. The number of fused-ring (bicyclic) bond motifs is 1. The van der Waals surface area contributed by atoms with E-state index in [1.165, 1.54) is 16.7 Å². The third-order valence-electron chi connectivity index (χ3n) is 6.39. The Morgan fingerprint density at radius 1 is 1.10 bits per heavy atom. The summed E-state index contributed by atoms with van der Waals surface area (Å²) >= 11 is 0. The molecule has 2 aromatic carbocycles. The van der Waals surface area contributed by atoms with Crippen LogP contribution in [0.1, 0.15) is 48.3 Å². The molecule has 0 saturated carbocycles. The van der Waals surface area contributed by atoms with Crippen LogP contribution in [0.5, 0.6) is 0 Å². The van der Waals surface area contributed by atoms with Gasteiger partial charge >= 0.3 is 6.09 Å². The molecule has 0 radical (unpaired) electrons. The number of nitrogens with zero attached hydrogens (tertiary/aromatic N) is 1. The van der Waals surface area contributed by atoms with Crippen LogP contribution >= 0.6 is 0 Å². The van der Waals surface area contributed by atoms with Crippen LogP contribution in [-0.4, -0.2) is 43.4 Å². The fraction of sp³-hybridized carbons (Fsp3) is 0.440. The predicted molar refractivity (Wildman–Crippen MR) is 120 cm³/mol. The Balaban J connectivity index is 1.52. The number of ether oxygens (including phenoxy) is 1. The molecule has 1 unspecified atom stereocenters. The molecular weight excluding hydrogens is 392 g/mol. The topological polar surface area (TPSA) is 78.9 Å². The lowest BCUT2D eigenvalue weighted by Crippen LogP contribution is -2.37. The van der Waals surface area contributed by atoms with Crippen molar-refractivity contribution in [3.63, 3.8) is 0 Å². The van der Waals surface area contributed by atoms with Gasteiger partial charge in [0.15, 0.2) is 0 Å². The Bertz CT molecular complexity index is 909. The molecule has 31 heavy (non-hydrogen) atoms. The summed E-state index contributed by atoms with van der Waals surface area (Å²) in [5.41, 5.74) is 4.72. The molecule has 2 heterocycles. The first kappa shape index (κ1) is 21.4. The van der Waals surface area contributed by atoms with Crippen LogP contribution in [0.4, 0.5) is 10.5 Å². The van der Waals surface area contributed by atoms with Crippen LogP contribution in [0, 0.1) is 5.92 Å². The average Bonchev–Trinajstić information content (AvgIpc) is 3.23. The molecule has 0 aromatic heterocycles. The molecule has 0 aliphatic carbocycles. The number of amides is 2. The average molecular weight is 423 g/mol. The first-order valence-electron chi connectivity index (χ1n) is 11.2. The smallest absolute Gasteiger partial charge is 0.404 e. The fourth-order valence-electron chi connectivity index (χ4n) is 4.74. The first-order valence-corrected chi connectivity index (χ1v) is 11.2. The van der Waals surface area contributed by atoms with Gasteiger partial charge in [-0.1, -0.05) is 42.5 Å². The highest BCUT2D eigenvalue weighted by molar-refractivity contribution is 5.97. The maximum absolute atomic E-state index is 13.0. The second-order valence-corrected chi connectivity index (χ2v) is 8.35. The maximum atomic E-state index is 13.0. The zero-order valence-electron chi connectivity index (χ0n) is 17.8. The molecule has 1 saturated heterocycles. The number of nitrogens with one attached hydrogen (secondary N) is 1. The number of hydrogen-bond acceptors (Lipinski definition) is 3. The van der Waals surface area contributed by atoms with Crippen molar-refractivity contribution < 1.29 is 19.4 Å². The van der Waals surface area contributed by atoms with E-state index in [-0.39, 0.29) is 17.7 Å². The number of carbonyl (C=O) groups excluding carboxylic acids is 1. The second kappa shape index (κ2) is 9.96. The lowest BCUT2D eigenvalue weighted by atomic mass is 9.86. The molecule has 2 amide bonds. The Hall–Kier alpha value is -2.86. The molecule has 4 rings (SSSR count). The van der Waals surface area contributed by atoms with Crippen LogP contribution in [-0.2, 0) is 16.0 Å². The number of carboxylic acid groups (broad SMARTS) is 1. The van der Waals surface area contributed by atoms with E-state index in [4.69, 9.17) is 9.84 Å². The van der Waals surface area contributed by atoms with Gasteiger partial charge in [-0.3, -0.25) is 4.79 Å². The molecule has 2 N–H and O–H groups in total. The molecular formula is C25H30N2O4. The summed E-state index contributed by atoms with van der Waals surface area (Å²) in [6.07, 6.45) is 3.13. The molecule has 0 spiro atoms. The number of anilines is 1. The lowest BCUT2D eigenvalue weighted by molar-refractivity contribution is -0.125. The molecule has 164 valence electrons. The molecule has 2 aliphatic heterocycles. The number of carbonyl (C=O) groups is 2. The van der Waals surface area contributed by atoms with Crippen molar-refractivity contribution in [2.24, 2.45) is 5.92 Å². The van der Waals surface area contributed by atoms with Gasteiger partial charge in [-0.2, -0.15) is 0 Å². The summed E-state index contributed by atoms with van der Waals surface area (Å²) in [5, 5.41) is 11.3. The molecule has 1 atom stereocenters. The Morgan fingerprint density at radius 3 is 2.61 bits per heavy atom. The lowest BCUT2D eigenvalue weighted by Gasteiger charge is -2.27. The molecule has 6 nitrogen and oxygen atoms in total. The third-order valence-corrected chi connectivity index (χ3v) is 6.39. The van der Waals surface area contributed by atoms with E-state index < -0.39 is 6.09 Å². The van der Waals surface area contributed by atoms with Crippen molar-refractivity contribution in [3.05, 3.63) is 65.2 Å². The standard InChI is InChI=1S/C25H30N2O4/c28-24(19-11-15-31-16-12-19)27-14-10-21-17-20(8-9-23(21)27)22(7-4-13-26-25(29)30)18-5-2-1-3-6-18/h1-3,5-6,8-9,17,19,22,26H,4,7,10-16H2,(H,29,30). The van der Waals surface area contributed by atoms with E-state index in [0.29, 0.717) is 19.8 Å². The van der Waals surface area contributed by atoms with Gasteiger partial charge in [-0.25, -0.2) is 4.79 Å². The van der Waals surface area contributed by atoms with Gasteiger partial charge in [0.1, 0.15) is 0 Å². The van der Waals surface area contributed by atoms with Gasteiger partial charge in [0, 0.05) is 43.8 Å². The zero-order chi connectivity index (χ0) is 21.6. The van der Waals surface area contributed by atoms with E-state index in [0.717, 1.165) is 44.3 Å². The SMILES string of the molecule is O=C(O)NCCCC(c1ccccc1)c1ccc2c(c1)CCN2C(=O)C1CCOCC1. The van der Waals surface area contributed by atoms with Crippen LogP contribution in [0.3, 0.4) is 0 Å². The van der Waals surface area contributed by atoms with Gasteiger partial charge in [-0.05, 0) is 54.9 Å². The minimum atomic E-state index is -0.983. The van der Waals surface area contributed by atoms with Crippen LogP contribution in [0.2, 0.25) is 0 Å². The molecule has 0 bridgehead atoms. The Kier molecular flexibility index (Phi) is 6.87. The van der Waals surface area contributed by atoms with Gasteiger partial charge in [0.05, 0.1) is 0 Å². The van der Waals surface area contributed by atoms with Crippen LogP contribution in [0.25, 0.3) is 0 Å². The molecule has 1 fully saturated rings. The number of hydrogen-bond donors (Lipinski definition) is 2. The van der Waals surface area contributed by atoms with Crippen molar-refractivity contribution in [3.8, 4) is 0 Å². The van der Waals surface area contributed by atoms with Gasteiger partial charge in [0.25, 0.3) is 0 Å². The normalized spacial score (nSPS) is 17.2. The van der Waals surface area contributed by atoms with Crippen molar-refractivity contribution in [1.82, 2.24) is 5.32 Å². The zero-order valence-corrected chi connectivity index (χ0v) is 17.8. The van der Waals surface area contributed by atoms with Gasteiger partial charge < -0.3 is 20.1 Å². The highest BCUT2D eigenvalue weighted by Crippen LogP contribution is 2.36. The summed E-state index contributed by atoms with van der Waals surface area (Å²) < 4.78 is 5.41. The third kappa shape index (κ3) is 5.07. The second-order valence-electron chi connectivity index (χ2n) is 8.35. The van der Waals surface area contributed by atoms with E-state index in [9.17, 15) is 9.59 Å². The van der Waals surface area contributed by atoms with Gasteiger partial charge in [-0.15, -0.1) is 0 Å². The van der Waals surface area contributed by atoms with Crippen molar-refractivity contribution in [1.29, 1.82) is 0 Å². The summed E-state index contributed by atoms with van der Waals surface area (Å²) in [6.45, 7) is 2.53. The largest absolute Gasteiger partial charge is 0.465 e. The van der Waals surface area contributed by atoms with Gasteiger partial charge in [0.2, 0.25) is 5.91 Å². The Labute approximate surface area is 183 Å². The minimum absolute atomic E-state index is 0.0678. The molecule has 6 heteroatoms. The van der Waals surface area contributed by atoms with E-state index in [1.807, 2.05) is 23.1 Å². The number of rotatable bonds is 7. The molecule has 2 aromatic rings. The highest BCUT2D eigenvalue weighted by Gasteiger charge is 2.31. The van der Waals surface area contributed by atoms with Crippen LogP contribution < -0.4 is 10.2 Å². The van der Waals surface area contributed by atoms with E-state index in [2.05, 4.69) is 35.6 Å². The fourth-order valence-corrected chi connectivity index (χ4v) is 4.74.